The zero-order valence-electron chi connectivity index (χ0n) is 8.03. The van der Waals surface area contributed by atoms with Crippen LogP contribution in [-0.2, 0) is 10.4 Å². The molecule has 0 saturated heterocycles. The van der Waals surface area contributed by atoms with E-state index in [9.17, 15) is 9.90 Å². The third-order valence-corrected chi connectivity index (χ3v) is 2.52. The zero-order valence-corrected chi connectivity index (χ0v) is 8.78. The summed E-state index contributed by atoms with van der Waals surface area (Å²) in [5.74, 6) is 0.195. The summed E-state index contributed by atoms with van der Waals surface area (Å²) in [4.78, 5) is 10.6. The number of furan rings is 1. The molecule has 1 heterocycles. The number of aliphatic hydroxyl groups is 1. The van der Waals surface area contributed by atoms with E-state index in [-0.39, 0.29) is 5.76 Å². The van der Waals surface area contributed by atoms with Crippen molar-refractivity contribution in [2.75, 3.05) is 0 Å². The third kappa shape index (κ3) is 1.64. The van der Waals surface area contributed by atoms with Crippen molar-refractivity contribution in [3.8, 4) is 0 Å². The van der Waals surface area contributed by atoms with Gasteiger partial charge in [0.2, 0.25) is 0 Å². The first-order valence-corrected chi connectivity index (χ1v) is 4.79. The Morgan fingerprint density at radius 1 is 1.53 bits per heavy atom. The second-order valence-electron chi connectivity index (χ2n) is 3.53. The van der Waals surface area contributed by atoms with Crippen LogP contribution in [0.1, 0.15) is 12.7 Å². The smallest absolute Gasteiger partial charge is 0.174 e. The van der Waals surface area contributed by atoms with Crippen molar-refractivity contribution in [2.24, 2.45) is 0 Å². The fourth-order valence-electron chi connectivity index (χ4n) is 1.34. The average Bonchev–Trinajstić information content (AvgIpc) is 2.64. The molecular weight excluding hydrogens is 216 g/mol. The minimum Gasteiger partial charge on any atom is -0.456 e. The Bertz CT molecular complexity index is 514. The lowest BCUT2D eigenvalue weighted by Gasteiger charge is -2.10. The molecule has 0 spiro atoms. The van der Waals surface area contributed by atoms with Gasteiger partial charge < -0.3 is 9.52 Å². The van der Waals surface area contributed by atoms with Crippen molar-refractivity contribution in [1.29, 1.82) is 0 Å². The largest absolute Gasteiger partial charge is 0.456 e. The number of para-hydroxylation sites is 1. The Morgan fingerprint density at radius 2 is 2.27 bits per heavy atom. The molecule has 15 heavy (non-hydrogen) atoms. The predicted octanol–water partition coefficient (Wildman–Crippen LogP) is 2.49. The van der Waals surface area contributed by atoms with Crippen molar-refractivity contribution in [1.82, 2.24) is 0 Å². The van der Waals surface area contributed by atoms with Crippen LogP contribution in [0.5, 0.6) is 0 Å². The second-order valence-corrected chi connectivity index (χ2v) is 3.94. The van der Waals surface area contributed by atoms with Crippen LogP contribution in [0.3, 0.4) is 0 Å². The predicted molar refractivity (Wildman–Crippen MR) is 56.9 cm³/mol. The Morgan fingerprint density at radius 3 is 2.87 bits per heavy atom. The molecule has 1 aromatic carbocycles. The molecule has 0 amide bonds. The second kappa shape index (κ2) is 3.36. The van der Waals surface area contributed by atoms with Crippen LogP contribution >= 0.6 is 11.6 Å². The van der Waals surface area contributed by atoms with Crippen molar-refractivity contribution in [2.45, 2.75) is 12.5 Å². The molecule has 3 nitrogen and oxygen atoms in total. The first kappa shape index (κ1) is 10.2. The molecule has 0 bridgehead atoms. The molecule has 2 aromatic rings. The summed E-state index contributed by atoms with van der Waals surface area (Å²) >= 11 is 5.90. The van der Waals surface area contributed by atoms with Crippen LogP contribution in [0, 0.1) is 0 Å². The van der Waals surface area contributed by atoms with Gasteiger partial charge in [-0.3, -0.25) is 4.79 Å². The standard InChI is InChI=1S/C11H9ClO3/c1-11(14,6-13)9-5-7-3-2-4-8(12)10(7)15-9/h2-6,14H,1H3. The number of carbonyl (C=O) groups excluding carboxylic acids is 1. The summed E-state index contributed by atoms with van der Waals surface area (Å²) in [6.07, 6.45) is 0.429. The lowest BCUT2D eigenvalue weighted by atomic mass is 10.1. The van der Waals surface area contributed by atoms with E-state index in [4.69, 9.17) is 16.0 Å². The number of halogens is 1. The maximum absolute atomic E-state index is 10.6. The van der Waals surface area contributed by atoms with E-state index in [1.807, 2.05) is 0 Å². The zero-order chi connectivity index (χ0) is 11.1. The fourth-order valence-corrected chi connectivity index (χ4v) is 1.56. The highest BCUT2D eigenvalue weighted by Crippen LogP contribution is 2.30. The van der Waals surface area contributed by atoms with Crippen LogP contribution < -0.4 is 0 Å². The van der Waals surface area contributed by atoms with E-state index >= 15 is 0 Å². The van der Waals surface area contributed by atoms with E-state index in [2.05, 4.69) is 0 Å². The van der Waals surface area contributed by atoms with Gasteiger partial charge in [-0.2, -0.15) is 0 Å². The number of aldehydes is 1. The summed E-state index contributed by atoms with van der Waals surface area (Å²) in [6.45, 7) is 1.37. The minimum absolute atomic E-state index is 0.195. The van der Waals surface area contributed by atoms with Gasteiger partial charge in [0.15, 0.2) is 17.5 Å². The number of benzene rings is 1. The Labute approximate surface area is 91.3 Å². The van der Waals surface area contributed by atoms with Gasteiger partial charge in [-0.05, 0) is 19.1 Å². The van der Waals surface area contributed by atoms with Gasteiger partial charge in [0, 0.05) is 5.39 Å². The van der Waals surface area contributed by atoms with Crippen molar-refractivity contribution >= 4 is 28.9 Å². The highest BCUT2D eigenvalue weighted by Gasteiger charge is 2.26. The molecular formula is C11H9ClO3. The van der Waals surface area contributed by atoms with Crippen LogP contribution in [0.15, 0.2) is 28.7 Å². The molecule has 1 aromatic heterocycles. The molecule has 0 saturated carbocycles. The molecule has 1 unspecified atom stereocenters. The van der Waals surface area contributed by atoms with Gasteiger partial charge in [-0.15, -0.1) is 0 Å². The van der Waals surface area contributed by atoms with Gasteiger partial charge >= 0.3 is 0 Å². The normalized spacial score (nSPS) is 15.1. The highest BCUT2D eigenvalue weighted by atomic mass is 35.5. The molecule has 2 rings (SSSR count). The number of fused-ring (bicyclic) bond motifs is 1. The summed E-state index contributed by atoms with van der Waals surface area (Å²) in [7, 11) is 0. The number of hydrogen-bond acceptors (Lipinski definition) is 3. The van der Waals surface area contributed by atoms with E-state index in [1.165, 1.54) is 6.92 Å². The topological polar surface area (TPSA) is 50.4 Å². The quantitative estimate of drug-likeness (QED) is 0.798. The van der Waals surface area contributed by atoms with Gasteiger partial charge in [-0.25, -0.2) is 0 Å². The monoisotopic (exact) mass is 224 g/mol. The first-order chi connectivity index (χ1) is 7.04. The van der Waals surface area contributed by atoms with Crippen LogP contribution in [-0.4, -0.2) is 11.4 Å². The molecule has 0 aliphatic carbocycles. The maximum atomic E-state index is 10.6. The summed E-state index contributed by atoms with van der Waals surface area (Å²) < 4.78 is 5.34. The Balaban J connectivity index is 2.67. The van der Waals surface area contributed by atoms with Gasteiger partial charge in [0.05, 0.1) is 5.02 Å². The summed E-state index contributed by atoms with van der Waals surface area (Å²) in [6, 6.07) is 6.87. The molecule has 78 valence electrons. The van der Waals surface area contributed by atoms with Crippen LogP contribution in [0.25, 0.3) is 11.0 Å². The van der Waals surface area contributed by atoms with E-state index in [0.717, 1.165) is 5.39 Å². The maximum Gasteiger partial charge on any atom is 0.174 e. The molecule has 0 aliphatic rings. The van der Waals surface area contributed by atoms with Crippen LogP contribution in [0.4, 0.5) is 0 Å². The molecule has 1 N–H and O–H groups in total. The van der Waals surface area contributed by atoms with E-state index < -0.39 is 5.60 Å². The summed E-state index contributed by atoms with van der Waals surface area (Å²) in [5.41, 5.74) is -1.13. The summed E-state index contributed by atoms with van der Waals surface area (Å²) in [5, 5.41) is 10.9. The lowest BCUT2D eigenvalue weighted by molar-refractivity contribution is -0.124. The van der Waals surface area contributed by atoms with Gasteiger partial charge in [0.25, 0.3) is 0 Å². The van der Waals surface area contributed by atoms with Crippen molar-refractivity contribution in [3.05, 3.63) is 35.0 Å². The van der Waals surface area contributed by atoms with E-state index in [1.54, 1.807) is 24.3 Å². The molecule has 4 heteroatoms. The van der Waals surface area contributed by atoms with Crippen molar-refractivity contribution < 1.29 is 14.3 Å². The molecule has 0 radical (unpaired) electrons. The molecule has 0 aliphatic heterocycles. The SMILES string of the molecule is CC(O)(C=O)c1cc2cccc(Cl)c2o1. The minimum atomic E-state index is -1.61. The average molecular weight is 225 g/mol. The fraction of sp³-hybridized carbons (Fsp3) is 0.182. The van der Waals surface area contributed by atoms with Crippen LogP contribution in [0.2, 0.25) is 5.02 Å². The van der Waals surface area contributed by atoms with Gasteiger partial charge in [-0.1, -0.05) is 23.7 Å². The number of hydrogen-bond donors (Lipinski definition) is 1. The molecule has 0 fully saturated rings. The Kier molecular flexibility index (Phi) is 2.29. The first-order valence-electron chi connectivity index (χ1n) is 4.42. The van der Waals surface area contributed by atoms with E-state index in [0.29, 0.717) is 16.9 Å². The Hall–Kier alpha value is -1.32. The van der Waals surface area contributed by atoms with Gasteiger partial charge in [0.1, 0.15) is 5.76 Å². The number of carbonyl (C=O) groups is 1. The lowest BCUT2D eigenvalue weighted by Crippen LogP contribution is -2.21. The number of rotatable bonds is 2. The third-order valence-electron chi connectivity index (χ3n) is 2.22. The molecule has 1 atom stereocenters. The highest BCUT2D eigenvalue weighted by molar-refractivity contribution is 6.34. The van der Waals surface area contributed by atoms with Crippen molar-refractivity contribution in [3.63, 3.8) is 0 Å².